The van der Waals surface area contributed by atoms with Crippen molar-refractivity contribution in [3.63, 3.8) is 0 Å². The Labute approximate surface area is 127 Å². The molecule has 0 radical (unpaired) electrons. The van der Waals surface area contributed by atoms with Gasteiger partial charge in [0.05, 0.1) is 0 Å². The van der Waals surface area contributed by atoms with E-state index in [1.165, 1.54) is 6.07 Å². The van der Waals surface area contributed by atoms with Crippen LogP contribution in [0.25, 0.3) is 0 Å². The molecule has 6 heteroatoms. The van der Waals surface area contributed by atoms with Crippen LogP contribution in [0.3, 0.4) is 0 Å². The molecule has 4 N–H and O–H groups in total. The molecule has 114 valence electrons. The summed E-state index contributed by atoms with van der Waals surface area (Å²) in [4.78, 5) is 23.0. The van der Waals surface area contributed by atoms with Crippen LogP contribution in [-0.4, -0.2) is 11.9 Å². The molecular weight excluding hydrogens is 285 g/mol. The van der Waals surface area contributed by atoms with Gasteiger partial charge in [-0.3, -0.25) is 10.1 Å². The highest BCUT2D eigenvalue weighted by atomic mass is 19.1. The lowest BCUT2D eigenvalue weighted by Crippen LogP contribution is -2.40. The lowest BCUT2D eigenvalue weighted by Gasteiger charge is -2.19. The molecule has 3 amide bonds. The van der Waals surface area contributed by atoms with Crippen LogP contribution < -0.4 is 16.4 Å². The summed E-state index contributed by atoms with van der Waals surface area (Å²) >= 11 is 0. The predicted molar refractivity (Wildman–Crippen MR) is 81.7 cm³/mol. The van der Waals surface area contributed by atoms with Crippen molar-refractivity contribution in [2.24, 2.45) is 5.73 Å². The number of nitrogens with two attached hydrogens (primary N) is 1. The Morgan fingerprint density at radius 3 is 2.41 bits per heavy atom. The molecule has 0 bridgehead atoms. The first kappa shape index (κ1) is 15.5. The highest BCUT2D eigenvalue weighted by Crippen LogP contribution is 2.21. The molecule has 2 aromatic carbocycles. The lowest BCUT2D eigenvalue weighted by molar-refractivity contribution is -0.120. The molecule has 2 aromatic rings. The van der Waals surface area contributed by atoms with E-state index in [1.54, 1.807) is 49.4 Å². The third-order valence-corrected chi connectivity index (χ3v) is 3.12. The molecule has 0 heterocycles. The number of halogens is 1. The second kappa shape index (κ2) is 6.71. The summed E-state index contributed by atoms with van der Waals surface area (Å²) in [6.45, 7) is 1.65. The molecule has 1 atom stereocenters. The van der Waals surface area contributed by atoms with Crippen LogP contribution in [0.2, 0.25) is 0 Å². The zero-order valence-corrected chi connectivity index (χ0v) is 12.0. The van der Waals surface area contributed by atoms with Crippen LogP contribution in [0.5, 0.6) is 0 Å². The van der Waals surface area contributed by atoms with Crippen LogP contribution in [0.4, 0.5) is 14.9 Å². The molecule has 0 aliphatic carbocycles. The normalized spacial score (nSPS) is 11.5. The number of nitrogens with one attached hydrogen (secondary N) is 2. The molecule has 0 saturated carbocycles. The second-order valence-electron chi connectivity index (χ2n) is 4.81. The number of imide groups is 1. The molecule has 0 aliphatic rings. The number of rotatable bonds is 4. The molecule has 0 fully saturated rings. The third-order valence-electron chi connectivity index (χ3n) is 3.12. The van der Waals surface area contributed by atoms with Gasteiger partial charge >= 0.3 is 6.03 Å². The maximum absolute atomic E-state index is 13.6. The topological polar surface area (TPSA) is 84.2 Å². The van der Waals surface area contributed by atoms with Crippen molar-refractivity contribution in [1.29, 1.82) is 0 Å². The van der Waals surface area contributed by atoms with Gasteiger partial charge in [0.15, 0.2) is 0 Å². The van der Waals surface area contributed by atoms with Crippen LogP contribution in [0.1, 0.15) is 17.2 Å². The zero-order valence-electron chi connectivity index (χ0n) is 12.0. The molecule has 0 unspecified atom stereocenters. The van der Waals surface area contributed by atoms with Gasteiger partial charge in [-0.25, -0.2) is 9.18 Å². The third kappa shape index (κ3) is 3.82. The van der Waals surface area contributed by atoms with Gasteiger partial charge in [-0.05, 0) is 30.2 Å². The van der Waals surface area contributed by atoms with E-state index in [0.29, 0.717) is 16.8 Å². The first-order valence-electron chi connectivity index (χ1n) is 6.65. The fourth-order valence-electron chi connectivity index (χ4n) is 1.99. The van der Waals surface area contributed by atoms with E-state index in [1.807, 2.05) is 5.32 Å². The van der Waals surface area contributed by atoms with Crippen molar-refractivity contribution in [3.8, 4) is 0 Å². The maximum Gasteiger partial charge on any atom is 0.318 e. The predicted octanol–water partition coefficient (Wildman–Crippen LogP) is 2.48. The summed E-state index contributed by atoms with van der Waals surface area (Å²) < 4.78 is 13.6. The van der Waals surface area contributed by atoms with Crippen molar-refractivity contribution < 1.29 is 14.0 Å². The van der Waals surface area contributed by atoms with E-state index >= 15 is 0 Å². The van der Waals surface area contributed by atoms with E-state index in [0.717, 1.165) is 0 Å². The highest BCUT2D eigenvalue weighted by Gasteiger charge is 2.21. The summed E-state index contributed by atoms with van der Waals surface area (Å²) in [5.74, 6) is -0.994. The van der Waals surface area contributed by atoms with E-state index in [4.69, 9.17) is 5.73 Å². The Bertz CT molecular complexity index is 689. The lowest BCUT2D eigenvalue weighted by atomic mass is 10.1. The second-order valence-corrected chi connectivity index (χ2v) is 4.81. The van der Waals surface area contributed by atoms with Gasteiger partial charge in [0.1, 0.15) is 11.9 Å². The Morgan fingerprint density at radius 1 is 1.14 bits per heavy atom. The summed E-state index contributed by atoms with van der Waals surface area (Å²) in [7, 11) is 0. The number of carbonyl (C=O) groups excluding carboxylic acids is 2. The number of aryl methyl sites for hydroxylation is 1. The van der Waals surface area contributed by atoms with Gasteiger partial charge in [-0.15, -0.1) is 0 Å². The van der Waals surface area contributed by atoms with Gasteiger partial charge in [0.2, 0.25) is 0 Å². The zero-order chi connectivity index (χ0) is 16.1. The Kier molecular flexibility index (Phi) is 4.73. The first-order valence-corrected chi connectivity index (χ1v) is 6.65. The molecule has 5 nitrogen and oxygen atoms in total. The number of amides is 3. The average Bonchev–Trinajstić information content (AvgIpc) is 2.48. The largest absolute Gasteiger partial charge is 0.370 e. The minimum atomic E-state index is -0.942. The van der Waals surface area contributed by atoms with Crippen molar-refractivity contribution in [2.75, 3.05) is 5.32 Å². The van der Waals surface area contributed by atoms with Crippen molar-refractivity contribution in [1.82, 2.24) is 5.32 Å². The van der Waals surface area contributed by atoms with Crippen molar-refractivity contribution in [2.45, 2.75) is 13.0 Å². The van der Waals surface area contributed by atoms with Crippen LogP contribution >= 0.6 is 0 Å². The SMILES string of the molecule is Cc1ccc(N[C@@H](C(=O)NC(N)=O)c2ccccc2)cc1F. The smallest absolute Gasteiger partial charge is 0.318 e. The summed E-state index contributed by atoms with van der Waals surface area (Å²) in [5.41, 5.74) is 6.55. The Morgan fingerprint density at radius 2 is 1.82 bits per heavy atom. The minimum Gasteiger partial charge on any atom is -0.370 e. The first-order chi connectivity index (χ1) is 10.5. The number of hydrogen-bond acceptors (Lipinski definition) is 3. The minimum absolute atomic E-state index is 0.382. The Hall–Kier alpha value is -2.89. The number of primary amides is 1. The molecule has 0 saturated heterocycles. The fraction of sp³-hybridized carbons (Fsp3) is 0.125. The number of carbonyl (C=O) groups is 2. The van der Waals surface area contributed by atoms with Gasteiger partial charge in [0, 0.05) is 5.69 Å². The maximum atomic E-state index is 13.6. The number of anilines is 1. The van der Waals surface area contributed by atoms with E-state index in [-0.39, 0.29) is 5.82 Å². The molecule has 0 aliphatic heterocycles. The summed E-state index contributed by atoms with van der Waals surface area (Å²) in [6, 6.07) is 11.5. The summed E-state index contributed by atoms with van der Waals surface area (Å²) in [5, 5.41) is 4.94. The van der Waals surface area contributed by atoms with Crippen molar-refractivity contribution >= 4 is 17.6 Å². The number of benzene rings is 2. The van der Waals surface area contributed by atoms with Gasteiger partial charge in [0.25, 0.3) is 5.91 Å². The van der Waals surface area contributed by atoms with Crippen LogP contribution in [0.15, 0.2) is 48.5 Å². The van der Waals surface area contributed by atoms with Gasteiger partial charge in [-0.2, -0.15) is 0 Å². The molecule has 22 heavy (non-hydrogen) atoms. The quantitative estimate of drug-likeness (QED) is 0.811. The number of hydrogen-bond donors (Lipinski definition) is 3. The van der Waals surface area contributed by atoms with E-state index in [2.05, 4.69) is 5.32 Å². The van der Waals surface area contributed by atoms with Gasteiger partial charge < -0.3 is 11.1 Å². The van der Waals surface area contributed by atoms with E-state index < -0.39 is 18.0 Å². The number of urea groups is 1. The molecular formula is C16H16FN3O2. The average molecular weight is 301 g/mol. The molecule has 0 aromatic heterocycles. The highest BCUT2D eigenvalue weighted by molar-refractivity contribution is 5.98. The van der Waals surface area contributed by atoms with Gasteiger partial charge in [-0.1, -0.05) is 36.4 Å². The van der Waals surface area contributed by atoms with E-state index in [9.17, 15) is 14.0 Å². The van der Waals surface area contributed by atoms with Crippen LogP contribution in [0, 0.1) is 12.7 Å². The summed E-state index contributed by atoms with van der Waals surface area (Å²) in [6.07, 6.45) is 0. The molecule has 2 rings (SSSR count). The Balaban J connectivity index is 2.30. The van der Waals surface area contributed by atoms with Crippen LogP contribution in [-0.2, 0) is 4.79 Å². The standard InChI is InChI=1S/C16H16FN3O2/c1-10-7-8-12(9-13(10)17)19-14(15(21)20-16(18)22)11-5-3-2-4-6-11/h2-9,14,19H,1H3,(H3,18,20,21,22)/t14-/m1/s1. The molecule has 0 spiro atoms. The monoisotopic (exact) mass is 301 g/mol. The van der Waals surface area contributed by atoms with Crippen molar-refractivity contribution in [3.05, 3.63) is 65.5 Å². The fourth-order valence-corrected chi connectivity index (χ4v) is 1.99.